The van der Waals surface area contributed by atoms with Crippen molar-refractivity contribution in [2.75, 3.05) is 26.2 Å². The summed E-state index contributed by atoms with van der Waals surface area (Å²) < 4.78 is 54.5. The second kappa shape index (κ2) is 11.5. The Bertz CT molecular complexity index is 1400. The maximum atomic E-state index is 14.4. The van der Waals surface area contributed by atoms with Gasteiger partial charge in [0.25, 0.3) is 5.91 Å². The summed E-state index contributed by atoms with van der Waals surface area (Å²) in [7, 11) is 0.386. The van der Waals surface area contributed by atoms with Crippen LogP contribution in [0.3, 0.4) is 0 Å². The number of rotatable bonds is 7. The van der Waals surface area contributed by atoms with Gasteiger partial charge in [0.2, 0.25) is 5.91 Å². The molecule has 0 radical (unpaired) electrons. The van der Waals surface area contributed by atoms with E-state index in [1.807, 2.05) is 13.1 Å². The average Bonchev–Trinajstić information content (AvgIpc) is 3.61. The zero-order chi connectivity index (χ0) is 28.6. The van der Waals surface area contributed by atoms with E-state index < -0.39 is 23.5 Å². The third-order valence-electron chi connectivity index (χ3n) is 7.20. The summed E-state index contributed by atoms with van der Waals surface area (Å²) in [6, 6.07) is 7.95. The number of amides is 2. The van der Waals surface area contributed by atoms with Crippen LogP contribution >= 0.6 is 20.7 Å². The Labute approximate surface area is 235 Å². The van der Waals surface area contributed by atoms with Crippen LogP contribution in [-0.2, 0) is 23.9 Å². The molecule has 40 heavy (non-hydrogen) atoms. The summed E-state index contributed by atoms with van der Waals surface area (Å²) in [4.78, 5) is 29.8. The smallest absolute Gasteiger partial charge is 0.335 e. The molecule has 3 N–H and O–H groups in total. The van der Waals surface area contributed by atoms with Crippen LogP contribution in [0.4, 0.5) is 17.6 Å². The van der Waals surface area contributed by atoms with E-state index in [1.54, 1.807) is 20.9 Å². The largest absolute Gasteiger partial charge is 0.416 e. The molecule has 0 bridgehead atoms. The van der Waals surface area contributed by atoms with Crippen LogP contribution in [0.5, 0.6) is 0 Å². The molecule has 0 aliphatic carbocycles. The van der Waals surface area contributed by atoms with Crippen LogP contribution in [0, 0.1) is 5.82 Å². The van der Waals surface area contributed by atoms with Crippen LogP contribution in [0.1, 0.15) is 40.4 Å². The van der Waals surface area contributed by atoms with Gasteiger partial charge in [0.1, 0.15) is 5.82 Å². The standard InChI is InChI=1S/C27H28F4N5O2PS/c1-16-10-36(33-39-16)15-18-8-21(27(29,30)31)4-2-17(18)3-7-25(37)34-11-19-13-35(14-20(19)12-34)26(38)23-6-5-22(40-32)9-24(23)28/h2,4-6,8-10,33,39H,3,7,11-15,32H2,1H3. The minimum absolute atomic E-state index is 0.0190. The third kappa shape index (κ3) is 6.20. The van der Waals surface area contributed by atoms with Crippen molar-refractivity contribution in [3.05, 3.63) is 87.1 Å². The number of hydrazine groups is 1. The summed E-state index contributed by atoms with van der Waals surface area (Å²) in [6.07, 6.45) is -2.11. The molecule has 1 atom stereocenters. The molecule has 3 aliphatic heterocycles. The van der Waals surface area contributed by atoms with Gasteiger partial charge in [-0.15, -0.1) is 0 Å². The molecule has 0 saturated carbocycles. The van der Waals surface area contributed by atoms with Crippen molar-refractivity contribution < 1.29 is 27.2 Å². The van der Waals surface area contributed by atoms with Crippen molar-refractivity contribution in [1.29, 1.82) is 0 Å². The van der Waals surface area contributed by atoms with Crippen LogP contribution in [-0.4, -0.2) is 52.8 Å². The number of hydrogen-bond acceptors (Lipinski definition) is 6. The molecule has 5 rings (SSSR count). The molecule has 0 spiro atoms. The number of hydrogen-bond donors (Lipinski definition) is 2. The quantitative estimate of drug-likeness (QED) is 0.208. The minimum Gasteiger partial charge on any atom is -0.335 e. The number of allylic oxidation sites excluding steroid dienone is 1. The number of nitrogens with one attached hydrogen (secondary N) is 1. The topological polar surface area (TPSA) is 81.9 Å². The molecule has 2 aromatic rings. The molecule has 0 fully saturated rings. The van der Waals surface area contributed by atoms with Gasteiger partial charge >= 0.3 is 6.18 Å². The van der Waals surface area contributed by atoms with Gasteiger partial charge in [-0.3, -0.25) is 14.7 Å². The van der Waals surface area contributed by atoms with E-state index in [1.165, 1.54) is 18.2 Å². The highest BCUT2D eigenvalue weighted by Gasteiger charge is 2.35. The Morgan fingerprint density at radius 1 is 1.02 bits per heavy atom. The first-order valence-corrected chi connectivity index (χ1v) is 14.5. The van der Waals surface area contributed by atoms with E-state index in [9.17, 15) is 27.2 Å². The van der Waals surface area contributed by atoms with Gasteiger partial charge in [0, 0.05) is 43.7 Å². The number of halogens is 4. The van der Waals surface area contributed by atoms with Crippen LogP contribution in [0.2, 0.25) is 0 Å². The van der Waals surface area contributed by atoms with E-state index in [0.717, 1.165) is 40.5 Å². The predicted octanol–water partition coefficient (Wildman–Crippen LogP) is 4.81. The van der Waals surface area contributed by atoms with E-state index >= 15 is 0 Å². The van der Waals surface area contributed by atoms with Crippen molar-refractivity contribution in [2.45, 2.75) is 37.4 Å². The lowest BCUT2D eigenvalue weighted by Crippen LogP contribution is -2.36. The number of nitrogens with zero attached hydrogens (tertiary/aromatic N) is 3. The number of carbonyl (C=O) groups excluding carboxylic acids is 2. The lowest BCUT2D eigenvalue weighted by atomic mass is 9.99. The molecular formula is C27H28F4N5O2PS. The number of benzene rings is 2. The summed E-state index contributed by atoms with van der Waals surface area (Å²) in [5.41, 5.74) is 2.42. The first-order valence-electron chi connectivity index (χ1n) is 12.6. The van der Waals surface area contributed by atoms with Crippen molar-refractivity contribution in [3.63, 3.8) is 0 Å². The average molecular weight is 594 g/mol. The Morgan fingerprint density at radius 2 is 1.73 bits per heavy atom. The van der Waals surface area contributed by atoms with E-state index in [2.05, 4.69) is 5.20 Å². The Hall–Kier alpha value is -2.92. The summed E-state index contributed by atoms with van der Waals surface area (Å²) in [6.45, 7) is 3.62. The van der Waals surface area contributed by atoms with E-state index in [-0.39, 0.29) is 24.4 Å². The minimum atomic E-state index is -4.45. The van der Waals surface area contributed by atoms with Gasteiger partial charge in [-0.2, -0.15) is 13.2 Å². The van der Waals surface area contributed by atoms with Gasteiger partial charge in [-0.05, 0) is 91.9 Å². The van der Waals surface area contributed by atoms with Crippen molar-refractivity contribution >= 4 is 32.5 Å². The number of alkyl halides is 3. The van der Waals surface area contributed by atoms with Crippen LogP contribution < -0.4 is 10.3 Å². The molecule has 3 aliphatic rings. The molecule has 1 unspecified atom stereocenters. The van der Waals surface area contributed by atoms with Crippen molar-refractivity contribution in [1.82, 2.24) is 20.0 Å². The van der Waals surface area contributed by atoms with Crippen molar-refractivity contribution in [2.24, 2.45) is 5.14 Å². The SMILES string of the molecule is CC1=CN(Cc2cc(C(F)(F)F)ccc2CCC(=O)N2CC3=C(C2)CN(C(=O)c2ccc(SN)cc2F)C3)NP1. The molecule has 0 saturated heterocycles. The third-order valence-corrected chi connectivity index (χ3v) is 8.65. The number of carbonyl (C=O) groups is 2. The molecule has 3 heterocycles. The lowest BCUT2D eigenvalue weighted by molar-refractivity contribution is -0.137. The maximum absolute atomic E-state index is 14.4. The number of nitrogens with two attached hydrogens (primary N) is 1. The molecule has 2 aromatic carbocycles. The monoisotopic (exact) mass is 593 g/mol. The summed E-state index contributed by atoms with van der Waals surface area (Å²) in [5, 5.41) is 11.5. The normalized spacial score (nSPS) is 17.8. The lowest BCUT2D eigenvalue weighted by Gasteiger charge is -2.24. The van der Waals surface area contributed by atoms with Gasteiger partial charge < -0.3 is 14.8 Å². The molecule has 13 heteroatoms. The fraction of sp³-hybridized carbons (Fsp3) is 0.333. The van der Waals surface area contributed by atoms with Crippen LogP contribution in [0.25, 0.3) is 0 Å². The fourth-order valence-electron chi connectivity index (χ4n) is 5.13. The maximum Gasteiger partial charge on any atom is 0.416 e. The fourth-order valence-corrected chi connectivity index (χ4v) is 6.14. The van der Waals surface area contributed by atoms with Gasteiger partial charge in [-0.1, -0.05) is 6.07 Å². The second-order valence-corrected chi connectivity index (χ2v) is 12.0. The number of aryl methyl sites for hydroxylation is 1. The highest BCUT2D eigenvalue weighted by Crippen LogP contribution is 2.33. The molecule has 7 nitrogen and oxygen atoms in total. The van der Waals surface area contributed by atoms with E-state index in [0.29, 0.717) is 57.4 Å². The Kier molecular flexibility index (Phi) is 8.24. The van der Waals surface area contributed by atoms with Crippen LogP contribution in [0.15, 0.2) is 64.0 Å². The Balaban J connectivity index is 1.18. The van der Waals surface area contributed by atoms with Gasteiger partial charge in [-0.25, -0.2) is 9.59 Å². The van der Waals surface area contributed by atoms with Gasteiger partial charge in [0.15, 0.2) is 0 Å². The molecule has 0 aromatic heterocycles. The van der Waals surface area contributed by atoms with Crippen molar-refractivity contribution in [3.8, 4) is 0 Å². The first kappa shape index (κ1) is 28.6. The Morgan fingerprint density at radius 3 is 2.33 bits per heavy atom. The molecular weight excluding hydrogens is 565 g/mol. The zero-order valence-corrected chi connectivity index (χ0v) is 23.5. The summed E-state index contributed by atoms with van der Waals surface area (Å²) in [5.74, 6) is -1.14. The zero-order valence-electron chi connectivity index (χ0n) is 21.6. The first-order chi connectivity index (χ1) is 19.0. The highest BCUT2D eigenvalue weighted by molar-refractivity contribution is 7.97. The molecule has 2 amide bonds. The highest BCUT2D eigenvalue weighted by atomic mass is 32.2. The summed E-state index contributed by atoms with van der Waals surface area (Å²) >= 11 is 0.901. The second-order valence-electron chi connectivity index (χ2n) is 10.0. The molecule has 212 valence electrons. The predicted molar refractivity (Wildman–Crippen MR) is 146 cm³/mol. The van der Waals surface area contributed by atoms with Gasteiger partial charge in [0.05, 0.1) is 17.7 Å². The van der Waals surface area contributed by atoms with E-state index in [4.69, 9.17) is 5.14 Å².